The summed E-state index contributed by atoms with van der Waals surface area (Å²) in [4.78, 5) is 57.7. The molecule has 0 atom stereocenters. The molecule has 1 aliphatic carbocycles. The zero-order valence-electron chi connectivity index (χ0n) is 26.8. The highest BCUT2D eigenvalue weighted by Gasteiger charge is 2.54. The largest absolute Gasteiger partial charge is 0.444 e. The number of piperidine rings is 1. The van der Waals surface area contributed by atoms with Gasteiger partial charge in [0.25, 0.3) is 11.8 Å². The standard InChI is InChI=1S/C35H47N5O5/c1-34(2,3)45-33(44)37-21-20-36-30(41)24-39-25-40(29-12-8-5-9-13-29)35(32(39)43)18-22-38(23-19-35)31(42)28-16-14-27(15-17-28)26-10-6-4-7-11-26/h5,8-9,12-17,26H,4,6-7,10-11,18-25H2,1-3H3,(H,36,41)(H,37,44). The van der Waals surface area contributed by atoms with Crippen molar-refractivity contribution in [3.05, 3.63) is 65.7 Å². The van der Waals surface area contributed by atoms with E-state index >= 15 is 0 Å². The number of para-hydroxylation sites is 1. The van der Waals surface area contributed by atoms with Gasteiger partial charge in [-0.2, -0.15) is 0 Å². The monoisotopic (exact) mass is 617 g/mol. The molecule has 242 valence electrons. The Balaban J connectivity index is 1.19. The zero-order valence-corrected chi connectivity index (χ0v) is 26.8. The number of amides is 4. The molecule has 2 aromatic rings. The first kappa shape index (κ1) is 32.3. The van der Waals surface area contributed by atoms with Crippen LogP contribution in [0.4, 0.5) is 10.5 Å². The molecule has 10 nitrogen and oxygen atoms in total. The van der Waals surface area contributed by atoms with Gasteiger partial charge in [0.05, 0.1) is 6.67 Å². The van der Waals surface area contributed by atoms with E-state index in [0.717, 1.165) is 5.69 Å². The third-order valence-corrected chi connectivity index (χ3v) is 9.14. The van der Waals surface area contributed by atoms with Gasteiger partial charge in [-0.15, -0.1) is 0 Å². The number of ether oxygens (including phenoxy) is 1. The summed E-state index contributed by atoms with van der Waals surface area (Å²) in [5.74, 6) is 0.183. The van der Waals surface area contributed by atoms with E-state index in [2.05, 4.69) is 27.7 Å². The van der Waals surface area contributed by atoms with Crippen LogP contribution in [0, 0.1) is 0 Å². The van der Waals surface area contributed by atoms with E-state index < -0.39 is 17.2 Å². The lowest BCUT2D eigenvalue weighted by atomic mass is 9.83. The smallest absolute Gasteiger partial charge is 0.407 e. The van der Waals surface area contributed by atoms with Crippen molar-refractivity contribution in [3.8, 4) is 0 Å². The van der Waals surface area contributed by atoms with E-state index in [1.807, 2.05) is 47.4 Å². The van der Waals surface area contributed by atoms with Crippen molar-refractivity contribution < 1.29 is 23.9 Å². The summed E-state index contributed by atoms with van der Waals surface area (Å²) in [5.41, 5.74) is 1.48. The van der Waals surface area contributed by atoms with E-state index in [1.54, 1.807) is 25.7 Å². The molecule has 1 spiro atoms. The van der Waals surface area contributed by atoms with Gasteiger partial charge < -0.3 is 30.1 Å². The number of alkyl carbamates (subject to hydrolysis) is 1. The molecule has 2 saturated heterocycles. The molecule has 45 heavy (non-hydrogen) atoms. The second-order valence-electron chi connectivity index (χ2n) is 13.5. The van der Waals surface area contributed by atoms with Gasteiger partial charge in [-0.25, -0.2) is 4.79 Å². The maximum Gasteiger partial charge on any atom is 0.407 e. The quantitative estimate of drug-likeness (QED) is 0.417. The highest BCUT2D eigenvalue weighted by molar-refractivity contribution is 5.97. The molecule has 0 unspecified atom stereocenters. The Morgan fingerprint density at radius 2 is 1.53 bits per heavy atom. The van der Waals surface area contributed by atoms with Crippen LogP contribution in [0.25, 0.3) is 0 Å². The second kappa shape index (κ2) is 13.9. The summed E-state index contributed by atoms with van der Waals surface area (Å²) in [5, 5.41) is 5.40. The first-order valence-corrected chi connectivity index (χ1v) is 16.3. The number of carbonyl (C=O) groups excluding carboxylic acids is 4. The predicted molar refractivity (Wildman–Crippen MR) is 173 cm³/mol. The van der Waals surface area contributed by atoms with Gasteiger partial charge in [0.15, 0.2) is 0 Å². The van der Waals surface area contributed by atoms with E-state index in [0.29, 0.717) is 37.4 Å². The predicted octanol–water partition coefficient (Wildman–Crippen LogP) is 4.66. The molecule has 0 bridgehead atoms. The van der Waals surface area contributed by atoms with Crippen molar-refractivity contribution in [1.29, 1.82) is 0 Å². The van der Waals surface area contributed by atoms with Crippen LogP contribution in [0.5, 0.6) is 0 Å². The number of carbonyl (C=O) groups is 4. The van der Waals surface area contributed by atoms with Crippen LogP contribution in [0.1, 0.15) is 87.6 Å². The topological polar surface area (TPSA) is 111 Å². The Morgan fingerprint density at radius 1 is 0.889 bits per heavy atom. The molecule has 2 N–H and O–H groups in total. The van der Waals surface area contributed by atoms with E-state index in [9.17, 15) is 19.2 Å². The molecule has 5 rings (SSSR count). The highest BCUT2D eigenvalue weighted by Crippen LogP contribution is 2.40. The summed E-state index contributed by atoms with van der Waals surface area (Å²) in [6.45, 7) is 6.87. The van der Waals surface area contributed by atoms with Crippen molar-refractivity contribution in [2.45, 2.75) is 82.8 Å². The minimum atomic E-state index is -0.832. The molecular weight excluding hydrogens is 570 g/mol. The number of benzene rings is 2. The lowest BCUT2D eigenvalue weighted by Crippen LogP contribution is -2.57. The molecular formula is C35H47N5O5. The number of hydrogen-bond donors (Lipinski definition) is 2. The summed E-state index contributed by atoms with van der Waals surface area (Å²) < 4.78 is 5.21. The van der Waals surface area contributed by atoms with Crippen molar-refractivity contribution in [3.63, 3.8) is 0 Å². The minimum Gasteiger partial charge on any atom is -0.444 e. The van der Waals surface area contributed by atoms with Crippen molar-refractivity contribution in [2.24, 2.45) is 0 Å². The Morgan fingerprint density at radius 3 is 2.18 bits per heavy atom. The lowest BCUT2D eigenvalue weighted by molar-refractivity contribution is -0.137. The highest BCUT2D eigenvalue weighted by atomic mass is 16.6. The number of nitrogens with one attached hydrogen (secondary N) is 2. The van der Waals surface area contributed by atoms with Gasteiger partial charge in [0.1, 0.15) is 17.7 Å². The second-order valence-corrected chi connectivity index (χ2v) is 13.5. The van der Waals surface area contributed by atoms with Crippen LogP contribution in [0.15, 0.2) is 54.6 Å². The number of hydrogen-bond acceptors (Lipinski definition) is 6. The average molecular weight is 618 g/mol. The fraction of sp³-hybridized carbons (Fsp3) is 0.543. The fourth-order valence-electron chi connectivity index (χ4n) is 6.83. The minimum absolute atomic E-state index is 0.00650. The van der Waals surface area contributed by atoms with Crippen molar-refractivity contribution in [1.82, 2.24) is 20.4 Å². The van der Waals surface area contributed by atoms with E-state index in [-0.39, 0.29) is 44.0 Å². The maximum atomic E-state index is 14.0. The number of nitrogens with zero attached hydrogens (tertiary/aromatic N) is 3. The molecule has 3 fully saturated rings. The summed E-state index contributed by atoms with van der Waals surface area (Å²) in [7, 11) is 0. The summed E-state index contributed by atoms with van der Waals surface area (Å²) >= 11 is 0. The van der Waals surface area contributed by atoms with Gasteiger partial charge in [0, 0.05) is 37.4 Å². The van der Waals surface area contributed by atoms with Crippen molar-refractivity contribution >= 4 is 29.5 Å². The van der Waals surface area contributed by atoms with Crippen LogP contribution < -0.4 is 15.5 Å². The molecule has 2 aromatic carbocycles. The van der Waals surface area contributed by atoms with Gasteiger partial charge >= 0.3 is 6.09 Å². The first-order chi connectivity index (χ1) is 21.6. The van der Waals surface area contributed by atoms with Gasteiger partial charge in [0.2, 0.25) is 5.91 Å². The van der Waals surface area contributed by atoms with Crippen LogP contribution in [0.3, 0.4) is 0 Å². The Kier molecular flexibility index (Phi) is 9.99. The van der Waals surface area contributed by atoms with Crippen LogP contribution >= 0.6 is 0 Å². The third-order valence-electron chi connectivity index (χ3n) is 9.14. The molecule has 10 heteroatoms. The molecule has 1 saturated carbocycles. The summed E-state index contributed by atoms with van der Waals surface area (Å²) in [6, 6.07) is 17.9. The average Bonchev–Trinajstić information content (AvgIpc) is 3.29. The molecule has 0 radical (unpaired) electrons. The number of rotatable bonds is 8. The van der Waals surface area contributed by atoms with Crippen LogP contribution in [-0.2, 0) is 14.3 Å². The third kappa shape index (κ3) is 7.78. The maximum absolute atomic E-state index is 14.0. The van der Waals surface area contributed by atoms with Gasteiger partial charge in [-0.05, 0) is 82.2 Å². The molecule has 3 aliphatic rings. The lowest BCUT2D eigenvalue weighted by Gasteiger charge is -2.43. The zero-order chi connectivity index (χ0) is 32.0. The summed E-state index contributed by atoms with van der Waals surface area (Å²) in [6.07, 6.45) is 6.70. The fourth-order valence-corrected chi connectivity index (χ4v) is 6.83. The van der Waals surface area contributed by atoms with Gasteiger partial charge in [-0.3, -0.25) is 14.4 Å². The van der Waals surface area contributed by atoms with Crippen LogP contribution in [0.2, 0.25) is 0 Å². The first-order valence-electron chi connectivity index (χ1n) is 16.3. The van der Waals surface area contributed by atoms with Gasteiger partial charge in [-0.1, -0.05) is 49.6 Å². The molecule has 2 heterocycles. The molecule has 4 amide bonds. The van der Waals surface area contributed by atoms with Crippen molar-refractivity contribution in [2.75, 3.05) is 44.3 Å². The normalized spacial score (nSPS) is 18.6. The number of likely N-dealkylation sites (tertiary alicyclic amines) is 1. The van der Waals surface area contributed by atoms with E-state index in [4.69, 9.17) is 4.74 Å². The molecule has 2 aliphatic heterocycles. The SMILES string of the molecule is CC(C)(C)OC(=O)NCCNC(=O)CN1CN(c2ccccc2)C2(CCN(C(=O)c3ccc(C4CCCCC4)cc3)CC2)C1=O. The Labute approximate surface area is 266 Å². The Bertz CT molecular complexity index is 1340. The number of anilines is 1. The van der Waals surface area contributed by atoms with Crippen LogP contribution in [-0.4, -0.2) is 84.1 Å². The Hall–Kier alpha value is -4.08. The molecule has 0 aromatic heterocycles. The van der Waals surface area contributed by atoms with E-state index in [1.165, 1.54) is 37.7 Å².